The predicted molar refractivity (Wildman–Crippen MR) is 96.4 cm³/mol. The van der Waals surface area contributed by atoms with E-state index in [4.69, 9.17) is 10.5 Å². The number of para-hydroxylation sites is 2. The Kier molecular flexibility index (Phi) is 5.29. The molecule has 1 amide bonds. The smallest absolute Gasteiger partial charge is 0.242 e. The minimum Gasteiger partial charge on any atom is -0.492 e. The molecule has 0 bridgehead atoms. The molecular weight excluding hydrogens is 302 g/mol. The second-order valence-electron chi connectivity index (χ2n) is 6.90. The van der Waals surface area contributed by atoms with Crippen LogP contribution in [0.5, 0.6) is 5.75 Å². The SMILES string of the molecule is CCOc1ccccc1N1CCN(C(=O)C2(N)CCCCC2)CC1. The summed E-state index contributed by atoms with van der Waals surface area (Å²) in [7, 11) is 0. The fourth-order valence-corrected chi connectivity index (χ4v) is 3.86. The molecule has 0 unspecified atom stereocenters. The lowest BCUT2D eigenvalue weighted by Gasteiger charge is -2.41. The van der Waals surface area contributed by atoms with Gasteiger partial charge in [0.05, 0.1) is 17.8 Å². The number of ether oxygens (including phenoxy) is 1. The standard InChI is InChI=1S/C19H29N3O2/c1-2-24-17-9-5-4-8-16(17)21-12-14-22(15-13-21)18(23)19(20)10-6-3-7-11-19/h4-5,8-9H,2-3,6-7,10-15,20H2,1H3. The van der Waals surface area contributed by atoms with E-state index in [1.807, 2.05) is 30.0 Å². The van der Waals surface area contributed by atoms with E-state index in [0.29, 0.717) is 6.61 Å². The topological polar surface area (TPSA) is 58.8 Å². The van der Waals surface area contributed by atoms with Crippen molar-refractivity contribution < 1.29 is 9.53 Å². The number of nitrogens with two attached hydrogens (primary N) is 1. The number of carbonyl (C=O) groups excluding carboxylic acids is 1. The summed E-state index contributed by atoms with van der Waals surface area (Å²) in [5.74, 6) is 1.07. The van der Waals surface area contributed by atoms with E-state index in [-0.39, 0.29) is 5.91 Å². The number of carbonyl (C=O) groups is 1. The first-order chi connectivity index (χ1) is 11.6. The maximum absolute atomic E-state index is 12.8. The Morgan fingerprint density at radius 3 is 2.46 bits per heavy atom. The quantitative estimate of drug-likeness (QED) is 0.920. The van der Waals surface area contributed by atoms with Gasteiger partial charge in [0.2, 0.25) is 5.91 Å². The van der Waals surface area contributed by atoms with E-state index in [2.05, 4.69) is 11.0 Å². The highest BCUT2D eigenvalue weighted by Crippen LogP contribution is 2.31. The van der Waals surface area contributed by atoms with E-state index in [0.717, 1.165) is 63.3 Å². The summed E-state index contributed by atoms with van der Waals surface area (Å²) < 4.78 is 5.73. The van der Waals surface area contributed by atoms with Crippen LogP contribution in [0, 0.1) is 0 Å². The molecular formula is C19H29N3O2. The van der Waals surface area contributed by atoms with Crippen molar-refractivity contribution in [3.05, 3.63) is 24.3 Å². The maximum atomic E-state index is 12.8. The van der Waals surface area contributed by atoms with Crippen LogP contribution in [0.15, 0.2) is 24.3 Å². The van der Waals surface area contributed by atoms with E-state index in [9.17, 15) is 4.79 Å². The van der Waals surface area contributed by atoms with Gasteiger partial charge in [-0.2, -0.15) is 0 Å². The number of amides is 1. The third-order valence-corrected chi connectivity index (χ3v) is 5.24. The van der Waals surface area contributed by atoms with Crippen LogP contribution in [0.25, 0.3) is 0 Å². The molecule has 0 atom stereocenters. The van der Waals surface area contributed by atoms with E-state index < -0.39 is 5.54 Å². The van der Waals surface area contributed by atoms with Crippen LogP contribution >= 0.6 is 0 Å². The fraction of sp³-hybridized carbons (Fsp3) is 0.632. The molecule has 0 aromatic heterocycles. The summed E-state index contributed by atoms with van der Waals surface area (Å²) in [5.41, 5.74) is 6.91. The van der Waals surface area contributed by atoms with Gasteiger partial charge in [0.15, 0.2) is 0 Å². The summed E-state index contributed by atoms with van der Waals surface area (Å²) in [4.78, 5) is 17.1. The van der Waals surface area contributed by atoms with Gasteiger partial charge in [-0.15, -0.1) is 0 Å². The lowest BCUT2D eigenvalue weighted by atomic mass is 9.81. The Hall–Kier alpha value is -1.75. The molecule has 2 fully saturated rings. The highest BCUT2D eigenvalue weighted by molar-refractivity contribution is 5.86. The molecule has 1 aliphatic heterocycles. The van der Waals surface area contributed by atoms with Gasteiger partial charge in [-0.25, -0.2) is 0 Å². The monoisotopic (exact) mass is 331 g/mol. The molecule has 1 saturated heterocycles. The van der Waals surface area contributed by atoms with Crippen LogP contribution < -0.4 is 15.4 Å². The van der Waals surface area contributed by atoms with E-state index >= 15 is 0 Å². The molecule has 2 N–H and O–H groups in total. The molecule has 1 saturated carbocycles. The number of hydrogen-bond donors (Lipinski definition) is 1. The predicted octanol–water partition coefficient (Wildman–Crippen LogP) is 2.40. The van der Waals surface area contributed by atoms with Gasteiger partial charge >= 0.3 is 0 Å². The van der Waals surface area contributed by atoms with Crippen LogP contribution in [0.3, 0.4) is 0 Å². The first-order valence-corrected chi connectivity index (χ1v) is 9.19. The first kappa shape index (κ1) is 17.1. The fourth-order valence-electron chi connectivity index (χ4n) is 3.86. The largest absolute Gasteiger partial charge is 0.492 e. The zero-order valence-electron chi connectivity index (χ0n) is 14.7. The highest BCUT2D eigenvalue weighted by Gasteiger charge is 2.39. The van der Waals surface area contributed by atoms with Crippen LogP contribution in [0.1, 0.15) is 39.0 Å². The Morgan fingerprint density at radius 2 is 1.79 bits per heavy atom. The third kappa shape index (κ3) is 3.51. The van der Waals surface area contributed by atoms with Gasteiger partial charge in [-0.3, -0.25) is 4.79 Å². The number of hydrogen-bond acceptors (Lipinski definition) is 4. The first-order valence-electron chi connectivity index (χ1n) is 9.19. The Labute approximate surface area is 144 Å². The number of rotatable bonds is 4. The van der Waals surface area contributed by atoms with Crippen LogP contribution in [0.4, 0.5) is 5.69 Å². The Morgan fingerprint density at radius 1 is 1.12 bits per heavy atom. The van der Waals surface area contributed by atoms with Gasteiger partial charge in [0.25, 0.3) is 0 Å². The lowest BCUT2D eigenvalue weighted by molar-refractivity contribution is -0.138. The molecule has 1 aromatic rings. The Balaban J connectivity index is 1.63. The summed E-state index contributed by atoms with van der Waals surface area (Å²) in [5, 5.41) is 0. The van der Waals surface area contributed by atoms with Crippen LogP contribution in [-0.2, 0) is 4.79 Å². The zero-order chi connectivity index (χ0) is 17.0. The molecule has 0 spiro atoms. The van der Waals surface area contributed by atoms with Crippen molar-refractivity contribution in [3.8, 4) is 5.75 Å². The normalized spacial score (nSPS) is 20.8. The summed E-state index contributed by atoms with van der Waals surface area (Å²) in [6, 6.07) is 8.13. The molecule has 1 aromatic carbocycles. The van der Waals surface area contributed by atoms with Gasteiger partial charge in [-0.1, -0.05) is 31.4 Å². The second kappa shape index (κ2) is 7.43. The average Bonchev–Trinajstić information content (AvgIpc) is 2.63. The number of anilines is 1. The van der Waals surface area contributed by atoms with Gasteiger partial charge < -0.3 is 20.3 Å². The molecule has 2 aliphatic rings. The van der Waals surface area contributed by atoms with Gasteiger partial charge in [-0.05, 0) is 31.9 Å². The molecule has 1 aliphatic carbocycles. The molecule has 132 valence electrons. The third-order valence-electron chi connectivity index (χ3n) is 5.24. The van der Waals surface area contributed by atoms with Crippen molar-refractivity contribution in [2.75, 3.05) is 37.7 Å². The van der Waals surface area contributed by atoms with Crippen molar-refractivity contribution in [1.82, 2.24) is 4.90 Å². The van der Waals surface area contributed by atoms with Gasteiger partial charge in [0.1, 0.15) is 5.75 Å². The molecule has 0 radical (unpaired) electrons. The van der Waals surface area contributed by atoms with Crippen LogP contribution in [0.2, 0.25) is 0 Å². The molecule has 3 rings (SSSR count). The molecule has 5 nitrogen and oxygen atoms in total. The molecule has 5 heteroatoms. The van der Waals surface area contributed by atoms with E-state index in [1.54, 1.807) is 0 Å². The van der Waals surface area contributed by atoms with Gasteiger partial charge in [0, 0.05) is 26.2 Å². The van der Waals surface area contributed by atoms with Crippen molar-refractivity contribution in [1.29, 1.82) is 0 Å². The van der Waals surface area contributed by atoms with Crippen molar-refractivity contribution in [3.63, 3.8) is 0 Å². The lowest BCUT2D eigenvalue weighted by Crippen LogP contribution is -2.60. The zero-order valence-corrected chi connectivity index (χ0v) is 14.7. The summed E-state index contributed by atoms with van der Waals surface area (Å²) in [6.07, 6.45) is 5.01. The second-order valence-corrected chi connectivity index (χ2v) is 6.90. The number of benzene rings is 1. The minimum atomic E-state index is -0.621. The highest BCUT2D eigenvalue weighted by atomic mass is 16.5. The van der Waals surface area contributed by atoms with Crippen molar-refractivity contribution in [2.45, 2.75) is 44.6 Å². The molecule has 24 heavy (non-hydrogen) atoms. The summed E-state index contributed by atoms with van der Waals surface area (Å²) in [6.45, 7) is 5.78. The summed E-state index contributed by atoms with van der Waals surface area (Å²) >= 11 is 0. The van der Waals surface area contributed by atoms with Crippen LogP contribution in [-0.4, -0.2) is 49.1 Å². The Bertz CT molecular complexity index is 561. The van der Waals surface area contributed by atoms with Crippen molar-refractivity contribution in [2.24, 2.45) is 5.73 Å². The minimum absolute atomic E-state index is 0.153. The number of nitrogens with zero attached hydrogens (tertiary/aromatic N) is 2. The van der Waals surface area contributed by atoms with E-state index in [1.165, 1.54) is 6.42 Å². The maximum Gasteiger partial charge on any atom is 0.242 e. The average molecular weight is 331 g/mol. The molecule has 1 heterocycles. The number of piperazine rings is 1. The van der Waals surface area contributed by atoms with Crippen molar-refractivity contribution >= 4 is 11.6 Å².